The Hall–Kier alpha value is -1.56. The van der Waals surface area contributed by atoms with Gasteiger partial charge in [0.25, 0.3) is 0 Å². The Morgan fingerprint density at radius 1 is 1.39 bits per heavy atom. The number of anilines is 1. The number of nitrogens with zero attached hydrogens (tertiary/aromatic N) is 4. The zero-order valence-corrected chi connectivity index (χ0v) is 15.0. The van der Waals surface area contributed by atoms with Crippen LogP contribution in [0.4, 0.5) is 10.6 Å². The highest BCUT2D eigenvalue weighted by Crippen LogP contribution is 2.22. The van der Waals surface area contributed by atoms with Gasteiger partial charge < -0.3 is 14.5 Å². The summed E-state index contributed by atoms with van der Waals surface area (Å²) in [5.41, 5.74) is -0.480. The van der Waals surface area contributed by atoms with Crippen molar-refractivity contribution in [2.24, 2.45) is 0 Å². The van der Waals surface area contributed by atoms with Crippen LogP contribution in [0.25, 0.3) is 0 Å². The Kier molecular flexibility index (Phi) is 5.68. The number of carbonyl (C=O) groups excluding carboxylic acids is 1. The summed E-state index contributed by atoms with van der Waals surface area (Å²) < 4.78 is 5.53. The molecule has 23 heavy (non-hydrogen) atoms. The minimum absolute atomic E-state index is 0.112. The third-order valence-electron chi connectivity index (χ3n) is 3.75. The number of rotatable bonds is 3. The van der Waals surface area contributed by atoms with E-state index in [0.29, 0.717) is 11.7 Å². The lowest BCUT2D eigenvalue weighted by atomic mass is 10.0. The molecule has 1 fully saturated rings. The Morgan fingerprint density at radius 3 is 2.74 bits per heavy atom. The smallest absolute Gasteiger partial charge is 0.410 e. The Morgan fingerprint density at radius 2 is 2.13 bits per heavy atom. The van der Waals surface area contributed by atoms with Crippen LogP contribution in [0, 0.1) is 0 Å². The third kappa shape index (κ3) is 5.23. The standard InChI is InChI=1S/C16H25ClN4O2/c1-16(2,3)23-15(22)21-10-6-5-7-12(21)11-20(4)14-9-8-13(17)18-19-14/h8-9,12H,5-7,10-11H2,1-4H3/t12-/m1/s1. The summed E-state index contributed by atoms with van der Waals surface area (Å²) >= 11 is 5.77. The highest BCUT2D eigenvalue weighted by atomic mass is 35.5. The zero-order valence-electron chi connectivity index (χ0n) is 14.3. The molecule has 0 saturated carbocycles. The molecule has 2 rings (SSSR count). The number of carbonyl (C=O) groups is 1. The van der Waals surface area contributed by atoms with Gasteiger partial charge in [-0.2, -0.15) is 0 Å². The molecule has 2 heterocycles. The van der Waals surface area contributed by atoms with E-state index in [2.05, 4.69) is 10.2 Å². The largest absolute Gasteiger partial charge is 0.444 e. The van der Waals surface area contributed by atoms with Gasteiger partial charge in [-0.05, 0) is 52.2 Å². The first-order chi connectivity index (χ1) is 10.8. The molecule has 0 aromatic carbocycles. The van der Waals surface area contributed by atoms with E-state index in [9.17, 15) is 4.79 Å². The van der Waals surface area contributed by atoms with Crippen molar-refractivity contribution in [3.05, 3.63) is 17.3 Å². The fourth-order valence-corrected chi connectivity index (χ4v) is 2.77. The summed E-state index contributed by atoms with van der Waals surface area (Å²) in [5.74, 6) is 0.740. The van der Waals surface area contributed by atoms with Crippen LogP contribution in [-0.2, 0) is 4.74 Å². The SMILES string of the molecule is CN(C[C@H]1CCCCN1C(=O)OC(C)(C)C)c1ccc(Cl)nn1. The normalized spacial score (nSPS) is 18.7. The topological polar surface area (TPSA) is 58.6 Å². The number of likely N-dealkylation sites (N-methyl/N-ethyl adjacent to an activating group) is 1. The molecule has 1 aromatic rings. The van der Waals surface area contributed by atoms with Crippen LogP contribution in [0.3, 0.4) is 0 Å². The van der Waals surface area contributed by atoms with Gasteiger partial charge >= 0.3 is 6.09 Å². The molecule has 1 atom stereocenters. The molecule has 0 spiro atoms. The average molecular weight is 341 g/mol. The number of hydrogen-bond acceptors (Lipinski definition) is 5. The maximum atomic E-state index is 12.4. The molecule has 7 heteroatoms. The molecule has 1 saturated heterocycles. The summed E-state index contributed by atoms with van der Waals surface area (Å²) in [6, 6.07) is 3.66. The molecule has 128 valence electrons. The van der Waals surface area contributed by atoms with E-state index >= 15 is 0 Å². The lowest BCUT2D eigenvalue weighted by molar-refractivity contribution is 0.0108. The molecule has 1 aliphatic heterocycles. The molecule has 0 radical (unpaired) electrons. The third-order valence-corrected chi connectivity index (χ3v) is 3.95. The zero-order chi connectivity index (χ0) is 17.0. The number of likely N-dealkylation sites (tertiary alicyclic amines) is 1. The van der Waals surface area contributed by atoms with Crippen molar-refractivity contribution in [3.63, 3.8) is 0 Å². The monoisotopic (exact) mass is 340 g/mol. The van der Waals surface area contributed by atoms with Crippen molar-refractivity contribution < 1.29 is 9.53 Å². The minimum atomic E-state index is -0.480. The molecule has 1 aliphatic rings. The molecular weight excluding hydrogens is 316 g/mol. The van der Waals surface area contributed by atoms with Gasteiger partial charge in [0.1, 0.15) is 5.60 Å². The van der Waals surface area contributed by atoms with Crippen molar-refractivity contribution in [2.45, 2.75) is 51.7 Å². The van der Waals surface area contributed by atoms with Crippen LogP contribution < -0.4 is 4.90 Å². The van der Waals surface area contributed by atoms with Gasteiger partial charge in [-0.15, -0.1) is 10.2 Å². The summed E-state index contributed by atoms with van der Waals surface area (Å²) in [7, 11) is 1.94. The number of hydrogen-bond donors (Lipinski definition) is 0. The highest BCUT2D eigenvalue weighted by molar-refractivity contribution is 6.29. The summed E-state index contributed by atoms with van der Waals surface area (Å²) in [6.45, 7) is 7.09. The van der Waals surface area contributed by atoms with Crippen molar-refractivity contribution in [1.29, 1.82) is 0 Å². The highest BCUT2D eigenvalue weighted by Gasteiger charge is 2.31. The summed E-state index contributed by atoms with van der Waals surface area (Å²) in [6.07, 6.45) is 2.85. The number of amides is 1. The predicted octanol–water partition coefficient (Wildman–Crippen LogP) is 3.36. The maximum absolute atomic E-state index is 12.4. The van der Waals surface area contributed by atoms with E-state index in [1.165, 1.54) is 0 Å². The van der Waals surface area contributed by atoms with Crippen molar-refractivity contribution in [1.82, 2.24) is 15.1 Å². The van der Waals surface area contributed by atoms with Gasteiger partial charge in [-0.1, -0.05) is 11.6 Å². The second-order valence-electron chi connectivity index (χ2n) is 6.92. The Labute approximate surface area is 142 Å². The van der Waals surface area contributed by atoms with Gasteiger partial charge in [-0.25, -0.2) is 4.79 Å². The second kappa shape index (κ2) is 7.34. The molecule has 6 nitrogen and oxygen atoms in total. The first kappa shape index (κ1) is 17.8. The van der Waals surface area contributed by atoms with E-state index in [-0.39, 0.29) is 12.1 Å². The van der Waals surface area contributed by atoms with Gasteiger partial charge in [0.15, 0.2) is 11.0 Å². The first-order valence-corrected chi connectivity index (χ1v) is 8.34. The molecule has 0 N–H and O–H groups in total. The van der Waals surface area contributed by atoms with Crippen LogP contribution in [-0.4, -0.2) is 53.0 Å². The molecule has 1 amide bonds. The molecule has 1 aromatic heterocycles. The van der Waals surface area contributed by atoms with E-state index in [1.807, 2.05) is 43.7 Å². The number of ether oxygens (including phenoxy) is 1. The van der Waals surface area contributed by atoms with Crippen LogP contribution in [0.1, 0.15) is 40.0 Å². The molecule has 0 aliphatic carbocycles. The van der Waals surface area contributed by atoms with Crippen LogP contribution in [0.5, 0.6) is 0 Å². The van der Waals surface area contributed by atoms with Crippen LogP contribution in [0.2, 0.25) is 5.15 Å². The van der Waals surface area contributed by atoms with Crippen molar-refractivity contribution >= 4 is 23.5 Å². The number of aromatic nitrogens is 2. The maximum Gasteiger partial charge on any atom is 0.410 e. The minimum Gasteiger partial charge on any atom is -0.444 e. The Bertz CT molecular complexity index is 530. The average Bonchev–Trinajstić information content (AvgIpc) is 2.46. The second-order valence-corrected chi connectivity index (χ2v) is 7.31. The fourth-order valence-electron chi connectivity index (χ4n) is 2.67. The van der Waals surface area contributed by atoms with Gasteiger partial charge in [-0.3, -0.25) is 0 Å². The number of piperidine rings is 1. The summed E-state index contributed by atoms with van der Waals surface area (Å²) in [4.78, 5) is 16.3. The Balaban J connectivity index is 2.03. The predicted molar refractivity (Wildman–Crippen MR) is 90.9 cm³/mol. The van der Waals surface area contributed by atoms with E-state index in [0.717, 1.165) is 31.6 Å². The van der Waals surface area contributed by atoms with E-state index < -0.39 is 5.60 Å². The van der Waals surface area contributed by atoms with Crippen molar-refractivity contribution in [2.75, 3.05) is 25.0 Å². The van der Waals surface area contributed by atoms with Gasteiger partial charge in [0.05, 0.1) is 6.04 Å². The van der Waals surface area contributed by atoms with Gasteiger partial charge in [0.2, 0.25) is 0 Å². The van der Waals surface area contributed by atoms with E-state index in [1.54, 1.807) is 6.07 Å². The molecular formula is C16H25ClN4O2. The quantitative estimate of drug-likeness (QED) is 0.844. The fraction of sp³-hybridized carbons (Fsp3) is 0.688. The van der Waals surface area contributed by atoms with Gasteiger partial charge in [0, 0.05) is 20.1 Å². The molecule has 0 unspecified atom stereocenters. The lowest BCUT2D eigenvalue weighted by Gasteiger charge is -2.38. The van der Waals surface area contributed by atoms with E-state index in [4.69, 9.17) is 16.3 Å². The summed E-state index contributed by atoms with van der Waals surface area (Å²) in [5, 5.41) is 8.32. The van der Waals surface area contributed by atoms with Crippen LogP contribution in [0.15, 0.2) is 12.1 Å². The first-order valence-electron chi connectivity index (χ1n) is 7.96. The number of halogens is 1. The lowest BCUT2D eigenvalue weighted by Crippen LogP contribution is -2.50. The van der Waals surface area contributed by atoms with Crippen LogP contribution >= 0.6 is 11.6 Å². The molecule has 0 bridgehead atoms. The van der Waals surface area contributed by atoms with Crippen molar-refractivity contribution in [3.8, 4) is 0 Å².